The number of aryl methyl sites for hydroxylation is 2. The second kappa shape index (κ2) is 7.40. The smallest absolute Gasteiger partial charge is 0.310 e. The van der Waals surface area contributed by atoms with E-state index in [1.807, 2.05) is 0 Å². The SMILES string of the molecule is O=C(COC(=O)Cc1coc2cc3c(cc12)CCC3)Nc1ccc(Cl)cn1. The molecule has 0 unspecified atom stereocenters. The number of ether oxygens (including phenoxy) is 1. The van der Waals surface area contributed by atoms with Crippen LogP contribution in [0.5, 0.6) is 0 Å². The molecule has 1 aliphatic rings. The molecule has 0 aliphatic heterocycles. The Bertz CT molecular complexity index is 1010. The van der Waals surface area contributed by atoms with Crippen molar-refractivity contribution in [1.82, 2.24) is 4.98 Å². The predicted octanol–water partition coefficient (Wildman–Crippen LogP) is 3.69. The van der Waals surface area contributed by atoms with E-state index in [2.05, 4.69) is 22.4 Å². The number of anilines is 1. The molecule has 2 aromatic heterocycles. The van der Waals surface area contributed by atoms with E-state index < -0.39 is 11.9 Å². The third-order valence-electron chi connectivity index (χ3n) is 4.56. The van der Waals surface area contributed by atoms with E-state index in [1.165, 1.54) is 17.3 Å². The summed E-state index contributed by atoms with van der Waals surface area (Å²) in [6.45, 7) is -0.381. The summed E-state index contributed by atoms with van der Waals surface area (Å²) in [6, 6.07) is 7.33. The van der Waals surface area contributed by atoms with E-state index in [0.29, 0.717) is 10.8 Å². The number of aromatic nitrogens is 1. The van der Waals surface area contributed by atoms with Crippen molar-refractivity contribution >= 4 is 40.3 Å². The number of benzene rings is 1. The average Bonchev–Trinajstić information content (AvgIpc) is 3.27. The lowest BCUT2D eigenvalue weighted by atomic mass is 10.0. The van der Waals surface area contributed by atoms with Gasteiger partial charge in [-0.1, -0.05) is 11.6 Å². The molecule has 1 amide bonds. The van der Waals surface area contributed by atoms with Gasteiger partial charge in [-0.15, -0.1) is 0 Å². The largest absolute Gasteiger partial charge is 0.464 e. The van der Waals surface area contributed by atoms with Gasteiger partial charge < -0.3 is 14.5 Å². The van der Waals surface area contributed by atoms with Crippen LogP contribution in [0.15, 0.2) is 41.1 Å². The van der Waals surface area contributed by atoms with Crippen LogP contribution in [0.25, 0.3) is 11.0 Å². The van der Waals surface area contributed by atoms with Crippen LogP contribution in [0.2, 0.25) is 5.02 Å². The highest BCUT2D eigenvalue weighted by atomic mass is 35.5. The van der Waals surface area contributed by atoms with Gasteiger partial charge in [-0.3, -0.25) is 9.59 Å². The number of hydrogen-bond donors (Lipinski definition) is 1. The minimum absolute atomic E-state index is 0.0538. The zero-order valence-electron chi connectivity index (χ0n) is 14.5. The predicted molar refractivity (Wildman–Crippen MR) is 101 cm³/mol. The van der Waals surface area contributed by atoms with E-state index >= 15 is 0 Å². The average molecular weight is 385 g/mol. The second-order valence-corrected chi connectivity index (χ2v) is 6.92. The van der Waals surface area contributed by atoms with E-state index in [4.69, 9.17) is 20.8 Å². The number of fused-ring (bicyclic) bond motifs is 2. The van der Waals surface area contributed by atoms with Crippen molar-refractivity contribution in [1.29, 1.82) is 0 Å². The van der Waals surface area contributed by atoms with Crippen LogP contribution >= 0.6 is 11.6 Å². The number of esters is 1. The highest BCUT2D eigenvalue weighted by molar-refractivity contribution is 6.30. The molecule has 138 valence electrons. The lowest BCUT2D eigenvalue weighted by Crippen LogP contribution is -2.22. The first-order chi connectivity index (χ1) is 13.1. The number of hydrogen-bond acceptors (Lipinski definition) is 5. The highest BCUT2D eigenvalue weighted by Gasteiger charge is 2.17. The zero-order valence-corrected chi connectivity index (χ0v) is 15.2. The fourth-order valence-corrected chi connectivity index (χ4v) is 3.38. The van der Waals surface area contributed by atoms with Crippen LogP contribution in [0.4, 0.5) is 5.82 Å². The molecule has 0 saturated carbocycles. The number of amides is 1. The summed E-state index contributed by atoms with van der Waals surface area (Å²) < 4.78 is 10.7. The van der Waals surface area contributed by atoms with Gasteiger partial charge in [0, 0.05) is 17.1 Å². The minimum Gasteiger partial charge on any atom is -0.464 e. The Morgan fingerprint density at radius 1 is 1.22 bits per heavy atom. The Labute approximate surface area is 160 Å². The molecule has 0 radical (unpaired) electrons. The van der Waals surface area contributed by atoms with Crippen LogP contribution in [-0.4, -0.2) is 23.5 Å². The van der Waals surface area contributed by atoms with Gasteiger partial charge in [-0.2, -0.15) is 0 Å². The first kappa shape index (κ1) is 17.5. The fourth-order valence-electron chi connectivity index (χ4n) is 3.27. The summed E-state index contributed by atoms with van der Waals surface area (Å²) >= 11 is 5.74. The van der Waals surface area contributed by atoms with Crippen LogP contribution in [0.1, 0.15) is 23.1 Å². The maximum atomic E-state index is 12.1. The summed E-state index contributed by atoms with van der Waals surface area (Å²) in [7, 11) is 0. The topological polar surface area (TPSA) is 81.4 Å². The molecule has 0 spiro atoms. The highest BCUT2D eigenvalue weighted by Crippen LogP contribution is 2.30. The molecule has 4 rings (SSSR count). The van der Waals surface area contributed by atoms with Gasteiger partial charge in [0.15, 0.2) is 6.61 Å². The van der Waals surface area contributed by atoms with E-state index in [0.717, 1.165) is 35.8 Å². The van der Waals surface area contributed by atoms with Crippen molar-refractivity contribution in [3.8, 4) is 0 Å². The normalized spacial score (nSPS) is 12.8. The molecule has 0 atom stereocenters. The van der Waals surface area contributed by atoms with Crippen molar-refractivity contribution < 1.29 is 18.7 Å². The van der Waals surface area contributed by atoms with Crippen LogP contribution in [0, 0.1) is 0 Å². The van der Waals surface area contributed by atoms with Gasteiger partial charge in [0.2, 0.25) is 0 Å². The third kappa shape index (κ3) is 3.95. The van der Waals surface area contributed by atoms with Crippen molar-refractivity contribution in [2.75, 3.05) is 11.9 Å². The number of halogens is 1. The maximum Gasteiger partial charge on any atom is 0.310 e. The molecular weight excluding hydrogens is 368 g/mol. The van der Waals surface area contributed by atoms with Crippen LogP contribution < -0.4 is 5.32 Å². The molecule has 0 fully saturated rings. The van der Waals surface area contributed by atoms with Gasteiger partial charge in [0.25, 0.3) is 5.91 Å². The number of nitrogens with one attached hydrogen (secondary N) is 1. The molecule has 7 heteroatoms. The summed E-state index contributed by atoms with van der Waals surface area (Å²) in [5.74, 6) is -0.611. The minimum atomic E-state index is -0.489. The van der Waals surface area contributed by atoms with Gasteiger partial charge in [-0.25, -0.2) is 4.98 Å². The first-order valence-corrected chi connectivity index (χ1v) is 9.05. The molecule has 1 aliphatic carbocycles. The van der Waals surface area contributed by atoms with Crippen molar-refractivity contribution in [3.63, 3.8) is 0 Å². The molecule has 0 bridgehead atoms. The van der Waals surface area contributed by atoms with Crippen molar-refractivity contribution in [2.24, 2.45) is 0 Å². The monoisotopic (exact) mass is 384 g/mol. The number of carbonyl (C=O) groups excluding carboxylic acids is 2. The Morgan fingerprint density at radius 2 is 2.04 bits per heavy atom. The zero-order chi connectivity index (χ0) is 18.8. The Kier molecular flexibility index (Phi) is 4.81. The number of carbonyl (C=O) groups is 2. The Hall–Kier alpha value is -2.86. The lowest BCUT2D eigenvalue weighted by Gasteiger charge is -2.06. The van der Waals surface area contributed by atoms with Gasteiger partial charge in [0.05, 0.1) is 17.7 Å². The van der Waals surface area contributed by atoms with Crippen LogP contribution in [-0.2, 0) is 33.6 Å². The summed E-state index contributed by atoms with van der Waals surface area (Å²) in [5.41, 5.74) is 4.18. The molecule has 2 heterocycles. The van der Waals surface area contributed by atoms with Crippen molar-refractivity contribution in [2.45, 2.75) is 25.7 Å². The molecule has 1 N–H and O–H groups in total. The van der Waals surface area contributed by atoms with E-state index in [1.54, 1.807) is 18.4 Å². The maximum absolute atomic E-state index is 12.1. The Morgan fingerprint density at radius 3 is 2.81 bits per heavy atom. The number of rotatable bonds is 5. The molecule has 0 saturated heterocycles. The fraction of sp³-hybridized carbons (Fsp3) is 0.250. The van der Waals surface area contributed by atoms with Gasteiger partial charge in [-0.05, 0) is 54.7 Å². The van der Waals surface area contributed by atoms with Crippen LogP contribution in [0.3, 0.4) is 0 Å². The van der Waals surface area contributed by atoms with Gasteiger partial charge >= 0.3 is 5.97 Å². The molecule has 27 heavy (non-hydrogen) atoms. The molecular formula is C20H17ClN2O4. The number of nitrogens with zero attached hydrogens (tertiary/aromatic N) is 1. The van der Waals surface area contributed by atoms with Crippen molar-refractivity contribution in [3.05, 3.63) is 58.4 Å². The summed E-state index contributed by atoms with van der Waals surface area (Å²) in [6.07, 6.45) is 6.33. The first-order valence-electron chi connectivity index (χ1n) is 8.67. The summed E-state index contributed by atoms with van der Waals surface area (Å²) in [5, 5.41) is 3.94. The standard InChI is InChI=1S/C20H17ClN2O4/c21-15-4-5-18(22-9-15)23-19(24)11-27-20(25)8-14-10-26-17-7-13-3-1-2-12(13)6-16(14)17/h4-7,9-10H,1-3,8,11H2,(H,22,23,24). The Balaban J connectivity index is 1.35. The van der Waals surface area contributed by atoms with Gasteiger partial charge in [0.1, 0.15) is 11.4 Å². The van der Waals surface area contributed by atoms with E-state index in [9.17, 15) is 9.59 Å². The molecule has 6 nitrogen and oxygen atoms in total. The summed E-state index contributed by atoms with van der Waals surface area (Å²) in [4.78, 5) is 27.9. The molecule has 1 aromatic carbocycles. The second-order valence-electron chi connectivity index (χ2n) is 6.48. The molecule has 3 aromatic rings. The lowest BCUT2D eigenvalue weighted by molar-refractivity contribution is -0.146. The third-order valence-corrected chi connectivity index (χ3v) is 4.79. The quantitative estimate of drug-likeness (QED) is 0.678. The number of furan rings is 1. The number of pyridine rings is 1. The van der Waals surface area contributed by atoms with E-state index in [-0.39, 0.29) is 13.0 Å².